The molecule has 0 saturated carbocycles. The first-order valence-corrected chi connectivity index (χ1v) is 12.1. The molecular weight excluding hydrogens is 476 g/mol. The Morgan fingerprint density at radius 3 is 1.97 bits per heavy atom. The van der Waals surface area contributed by atoms with Gasteiger partial charge >= 0.3 is 0 Å². The summed E-state index contributed by atoms with van der Waals surface area (Å²) in [7, 11) is -3.93. The van der Waals surface area contributed by atoms with E-state index in [4.69, 9.17) is 0 Å². The van der Waals surface area contributed by atoms with E-state index in [2.05, 4.69) is 21.2 Å². The first kappa shape index (κ1) is 23.0. The molecule has 0 heterocycles. The molecule has 1 N–H and O–H groups in total. The molecule has 162 valence electrons. The average Bonchev–Trinajstić information content (AvgIpc) is 2.73. The van der Waals surface area contributed by atoms with E-state index < -0.39 is 10.0 Å². The average molecular weight is 501 g/mol. The summed E-state index contributed by atoms with van der Waals surface area (Å²) in [5, 5.41) is 2.91. The fraction of sp³-hybridized carbons (Fsp3) is 0.208. The van der Waals surface area contributed by atoms with Gasteiger partial charge in [-0.2, -0.15) is 0 Å². The van der Waals surface area contributed by atoms with Crippen molar-refractivity contribution < 1.29 is 13.2 Å². The molecule has 1 amide bonds. The SMILES string of the molecule is Cc1ccc(C(C)NC(=O)CN(c2ccc(Br)cc2)S(=O)(=O)c2ccc(C)cc2)cc1. The zero-order chi connectivity index (χ0) is 22.6. The maximum atomic E-state index is 13.4. The van der Waals surface area contributed by atoms with Crippen LogP contribution in [0.2, 0.25) is 0 Å². The minimum atomic E-state index is -3.93. The minimum Gasteiger partial charge on any atom is -0.348 e. The summed E-state index contributed by atoms with van der Waals surface area (Å²) in [5.41, 5.74) is 3.46. The Morgan fingerprint density at radius 2 is 1.42 bits per heavy atom. The van der Waals surface area contributed by atoms with Crippen molar-refractivity contribution in [1.29, 1.82) is 0 Å². The third-order valence-electron chi connectivity index (χ3n) is 4.97. The van der Waals surface area contributed by atoms with Crippen molar-refractivity contribution in [2.45, 2.75) is 31.7 Å². The van der Waals surface area contributed by atoms with Gasteiger partial charge in [0.1, 0.15) is 6.54 Å². The molecule has 1 unspecified atom stereocenters. The lowest BCUT2D eigenvalue weighted by Gasteiger charge is -2.25. The van der Waals surface area contributed by atoms with Crippen molar-refractivity contribution in [3.63, 3.8) is 0 Å². The van der Waals surface area contributed by atoms with Crippen molar-refractivity contribution in [1.82, 2.24) is 5.32 Å². The first-order valence-electron chi connectivity index (χ1n) is 9.88. The lowest BCUT2D eigenvalue weighted by molar-refractivity contribution is -0.120. The van der Waals surface area contributed by atoms with Crippen molar-refractivity contribution >= 4 is 37.5 Å². The van der Waals surface area contributed by atoms with Gasteiger partial charge in [-0.15, -0.1) is 0 Å². The second-order valence-electron chi connectivity index (χ2n) is 7.50. The molecule has 0 aromatic heterocycles. The summed E-state index contributed by atoms with van der Waals surface area (Å²) in [6.45, 7) is 5.44. The van der Waals surface area contributed by atoms with Crippen molar-refractivity contribution in [2.24, 2.45) is 0 Å². The van der Waals surface area contributed by atoms with Gasteiger partial charge in [-0.25, -0.2) is 8.42 Å². The fourth-order valence-electron chi connectivity index (χ4n) is 3.12. The van der Waals surface area contributed by atoms with Crippen LogP contribution < -0.4 is 9.62 Å². The number of carbonyl (C=O) groups excluding carboxylic acids is 1. The highest BCUT2D eigenvalue weighted by atomic mass is 79.9. The molecule has 0 aliphatic heterocycles. The summed E-state index contributed by atoms with van der Waals surface area (Å²) in [6, 6.07) is 21.1. The van der Waals surface area contributed by atoms with Gasteiger partial charge in [0.05, 0.1) is 16.6 Å². The largest absolute Gasteiger partial charge is 0.348 e. The number of hydrogen-bond donors (Lipinski definition) is 1. The number of anilines is 1. The van der Waals surface area contributed by atoms with E-state index in [1.54, 1.807) is 48.5 Å². The van der Waals surface area contributed by atoms with E-state index in [0.717, 1.165) is 25.5 Å². The van der Waals surface area contributed by atoms with Gasteiger partial charge < -0.3 is 5.32 Å². The van der Waals surface area contributed by atoms with E-state index in [9.17, 15) is 13.2 Å². The van der Waals surface area contributed by atoms with E-state index in [-0.39, 0.29) is 23.4 Å². The van der Waals surface area contributed by atoms with E-state index >= 15 is 0 Å². The van der Waals surface area contributed by atoms with Crippen LogP contribution in [-0.2, 0) is 14.8 Å². The van der Waals surface area contributed by atoms with Gasteiger partial charge in [0.25, 0.3) is 10.0 Å². The predicted molar refractivity (Wildman–Crippen MR) is 128 cm³/mol. The normalized spacial score (nSPS) is 12.3. The molecule has 0 radical (unpaired) electrons. The second kappa shape index (κ2) is 9.66. The van der Waals surface area contributed by atoms with Gasteiger partial charge in [0, 0.05) is 4.47 Å². The van der Waals surface area contributed by atoms with Crippen LogP contribution in [0.3, 0.4) is 0 Å². The van der Waals surface area contributed by atoms with E-state index in [1.807, 2.05) is 45.0 Å². The molecular formula is C24H25BrN2O3S. The molecule has 0 spiro atoms. The molecule has 3 rings (SSSR count). The number of halogens is 1. The molecule has 0 fully saturated rings. The van der Waals surface area contributed by atoms with Crippen LogP contribution in [0.4, 0.5) is 5.69 Å². The van der Waals surface area contributed by atoms with Gasteiger partial charge in [-0.05, 0) is 62.7 Å². The highest BCUT2D eigenvalue weighted by molar-refractivity contribution is 9.10. The van der Waals surface area contributed by atoms with E-state index in [0.29, 0.717) is 5.69 Å². The smallest absolute Gasteiger partial charge is 0.264 e. The molecule has 0 bridgehead atoms. The van der Waals surface area contributed by atoms with Gasteiger partial charge in [-0.1, -0.05) is 63.5 Å². The molecule has 7 heteroatoms. The van der Waals surface area contributed by atoms with Crippen LogP contribution in [0.15, 0.2) is 82.2 Å². The number of nitrogens with zero attached hydrogens (tertiary/aromatic N) is 1. The summed E-state index contributed by atoms with van der Waals surface area (Å²) in [6.07, 6.45) is 0. The summed E-state index contributed by atoms with van der Waals surface area (Å²) < 4.78 is 28.7. The zero-order valence-electron chi connectivity index (χ0n) is 17.7. The van der Waals surface area contributed by atoms with Crippen LogP contribution in [-0.4, -0.2) is 20.9 Å². The molecule has 0 aliphatic carbocycles. The highest BCUT2D eigenvalue weighted by Gasteiger charge is 2.27. The maximum Gasteiger partial charge on any atom is 0.264 e. The number of hydrogen-bond acceptors (Lipinski definition) is 3. The van der Waals surface area contributed by atoms with Gasteiger partial charge in [0.2, 0.25) is 5.91 Å². The van der Waals surface area contributed by atoms with Crippen LogP contribution in [0, 0.1) is 13.8 Å². The lowest BCUT2D eigenvalue weighted by atomic mass is 10.1. The van der Waals surface area contributed by atoms with Gasteiger partial charge in [-0.3, -0.25) is 9.10 Å². The van der Waals surface area contributed by atoms with Crippen molar-refractivity contribution in [2.75, 3.05) is 10.8 Å². The Bertz CT molecular complexity index is 1140. The minimum absolute atomic E-state index is 0.139. The Hall–Kier alpha value is -2.64. The Balaban J connectivity index is 1.87. The standard InChI is InChI=1S/C24H25BrN2O3S/c1-17-4-8-20(9-5-17)19(3)26-24(28)16-27(22-12-10-21(25)11-13-22)31(29,30)23-14-6-18(2)7-15-23/h4-15,19H,16H2,1-3H3,(H,26,28). The molecule has 3 aromatic rings. The van der Waals surface area contributed by atoms with Crippen LogP contribution in [0.5, 0.6) is 0 Å². The second-order valence-corrected chi connectivity index (χ2v) is 10.3. The number of aryl methyl sites for hydroxylation is 2. The molecule has 31 heavy (non-hydrogen) atoms. The number of carbonyl (C=O) groups is 1. The summed E-state index contributed by atoms with van der Waals surface area (Å²) >= 11 is 3.37. The first-order chi connectivity index (χ1) is 14.7. The Labute approximate surface area is 192 Å². The van der Waals surface area contributed by atoms with E-state index in [1.165, 1.54) is 0 Å². The molecule has 0 aliphatic rings. The Kier molecular flexibility index (Phi) is 7.18. The third kappa shape index (κ3) is 5.74. The summed E-state index contributed by atoms with van der Waals surface area (Å²) in [4.78, 5) is 13.0. The van der Waals surface area contributed by atoms with Crippen LogP contribution in [0.25, 0.3) is 0 Å². The molecule has 5 nitrogen and oxygen atoms in total. The summed E-state index contributed by atoms with van der Waals surface area (Å²) in [5.74, 6) is -0.383. The zero-order valence-corrected chi connectivity index (χ0v) is 20.1. The molecule has 1 atom stereocenters. The third-order valence-corrected chi connectivity index (χ3v) is 7.28. The van der Waals surface area contributed by atoms with Crippen LogP contribution in [0.1, 0.15) is 29.7 Å². The number of sulfonamides is 1. The topological polar surface area (TPSA) is 66.5 Å². The lowest BCUT2D eigenvalue weighted by Crippen LogP contribution is -2.41. The number of nitrogens with one attached hydrogen (secondary N) is 1. The van der Waals surface area contributed by atoms with Crippen molar-refractivity contribution in [3.8, 4) is 0 Å². The van der Waals surface area contributed by atoms with Crippen molar-refractivity contribution in [3.05, 3.63) is 94.0 Å². The maximum absolute atomic E-state index is 13.4. The number of amides is 1. The highest BCUT2D eigenvalue weighted by Crippen LogP contribution is 2.25. The molecule has 0 saturated heterocycles. The fourth-order valence-corrected chi connectivity index (χ4v) is 4.80. The monoisotopic (exact) mass is 500 g/mol. The molecule has 3 aromatic carbocycles. The Morgan fingerprint density at radius 1 is 0.903 bits per heavy atom. The number of benzene rings is 3. The predicted octanol–water partition coefficient (Wildman–Crippen LogP) is 5.14. The van der Waals surface area contributed by atoms with Crippen LogP contribution >= 0.6 is 15.9 Å². The number of rotatable bonds is 7. The van der Waals surface area contributed by atoms with Gasteiger partial charge in [0.15, 0.2) is 0 Å². The quantitative estimate of drug-likeness (QED) is 0.488.